The van der Waals surface area contributed by atoms with Crippen LogP contribution in [0.5, 0.6) is 5.88 Å². The predicted molar refractivity (Wildman–Crippen MR) is 225 cm³/mol. The predicted octanol–water partition coefficient (Wildman–Crippen LogP) is 7.64. The molecular weight excluding hydrogens is 796 g/mol. The molecule has 11 nitrogen and oxygen atoms in total. The second-order valence-electron chi connectivity index (χ2n) is 15.5. The molecule has 12 heteroatoms. The number of aromatic nitrogens is 3. The number of nitrogens with zero attached hydrogens (tertiary/aromatic N) is 4. The lowest BCUT2D eigenvalue weighted by molar-refractivity contribution is -0.123. The SMILES string of the molecule is Cc1ccc(N2C(=O)[C@H]3C(C(C)C)NC4(c5ccccc5-n5c4nc4ccccc4c5=O)[C@H]3C2=O)c(Br)c1.O=C1C(c2c(O)[nH]c3ccccc23)=Nc2ccccc21. The number of anilines is 1. The van der Waals surface area contributed by atoms with Crippen LogP contribution in [-0.2, 0) is 15.1 Å². The third kappa shape index (κ3) is 4.94. The van der Waals surface area contributed by atoms with Crippen molar-refractivity contribution in [3.05, 3.63) is 158 Å². The van der Waals surface area contributed by atoms with E-state index in [0.29, 0.717) is 55.1 Å². The Morgan fingerprint density at radius 2 is 1.52 bits per heavy atom. The molecule has 4 aliphatic rings. The molecule has 2 saturated heterocycles. The van der Waals surface area contributed by atoms with Gasteiger partial charge in [-0.05, 0) is 82.9 Å². The highest BCUT2D eigenvalue weighted by Crippen LogP contribution is 2.57. The minimum Gasteiger partial charge on any atom is -0.494 e. The van der Waals surface area contributed by atoms with Crippen LogP contribution in [0.15, 0.2) is 130 Å². The molecule has 0 radical (unpaired) electrons. The molecule has 2 unspecified atom stereocenters. The maximum Gasteiger partial charge on any atom is 0.266 e. The molecule has 2 amide bonds. The van der Waals surface area contributed by atoms with Gasteiger partial charge in [0.15, 0.2) is 5.88 Å². The lowest BCUT2D eigenvalue weighted by atomic mass is 9.75. The number of aromatic amines is 1. The molecular formula is C46H35BrN6O5. The fourth-order valence-electron chi connectivity index (χ4n) is 9.35. The number of Topliss-reactive ketones (excluding diaryl/α,β-unsaturated/α-hetero) is 1. The second-order valence-corrected chi connectivity index (χ2v) is 16.4. The Kier molecular flexibility index (Phi) is 8.05. The van der Waals surface area contributed by atoms with Crippen molar-refractivity contribution in [3.8, 4) is 11.6 Å². The quantitative estimate of drug-likeness (QED) is 0.155. The number of hydrogen-bond donors (Lipinski definition) is 3. The Hall–Kier alpha value is -6.50. The fourth-order valence-corrected chi connectivity index (χ4v) is 10.0. The topological polar surface area (TPSA) is 150 Å². The summed E-state index contributed by atoms with van der Waals surface area (Å²) in [6.45, 7) is 6.07. The molecule has 3 N–H and O–H groups in total. The first-order chi connectivity index (χ1) is 28.0. The van der Waals surface area contributed by atoms with Crippen LogP contribution >= 0.6 is 15.9 Å². The first kappa shape index (κ1) is 35.9. The lowest BCUT2D eigenvalue weighted by Crippen LogP contribution is -2.51. The van der Waals surface area contributed by atoms with Crippen molar-refractivity contribution >= 4 is 72.4 Å². The molecule has 2 fully saturated rings. The Bertz CT molecular complexity index is 3040. The minimum absolute atomic E-state index is 0.0221. The molecule has 286 valence electrons. The number of nitrogens with one attached hydrogen (secondary N) is 2. The number of imide groups is 1. The number of aryl methyl sites for hydroxylation is 1. The molecule has 0 aliphatic carbocycles. The van der Waals surface area contributed by atoms with Crippen LogP contribution < -0.4 is 15.8 Å². The standard InChI is InChI=1S/C30H25BrN4O3.C16H10N2O2/c1-15(2)25-23-24(28(38)34(27(23)37)22-13-12-16(3)14-19(22)31)30(33-25)18-9-5-7-11-21(18)35-26(36)17-8-4-6-10-20(17)32-29(30)35;19-15-10-6-2-4-8-12(10)17-14(15)13-9-5-1-3-7-11(9)18-16(13)20/h4-15,23-25,33H,1-3H3;1-8,18,20H/t23-,24-,25?,30?;/m1./s1. The molecule has 5 aromatic carbocycles. The third-order valence-electron chi connectivity index (χ3n) is 11.9. The van der Waals surface area contributed by atoms with Gasteiger partial charge in [-0.2, -0.15) is 0 Å². The molecule has 7 aromatic rings. The number of amides is 2. The number of halogens is 1. The van der Waals surface area contributed by atoms with Gasteiger partial charge >= 0.3 is 0 Å². The van der Waals surface area contributed by atoms with E-state index >= 15 is 0 Å². The number of rotatable bonds is 3. The van der Waals surface area contributed by atoms with E-state index in [0.717, 1.165) is 22.0 Å². The Morgan fingerprint density at radius 3 is 2.29 bits per heavy atom. The Balaban J connectivity index is 0.000000171. The van der Waals surface area contributed by atoms with Crippen LogP contribution in [-0.4, -0.2) is 49.0 Å². The van der Waals surface area contributed by atoms with Crippen molar-refractivity contribution < 1.29 is 19.5 Å². The van der Waals surface area contributed by atoms with Crippen LogP contribution in [0.3, 0.4) is 0 Å². The number of para-hydroxylation sites is 4. The second kappa shape index (κ2) is 13.0. The zero-order valence-electron chi connectivity index (χ0n) is 31.5. The van der Waals surface area contributed by atoms with E-state index in [2.05, 4.69) is 45.1 Å². The first-order valence-corrected chi connectivity index (χ1v) is 19.9. The average Bonchev–Trinajstić information content (AvgIpc) is 3.98. The number of carbonyl (C=O) groups is 3. The summed E-state index contributed by atoms with van der Waals surface area (Å²) >= 11 is 3.58. The monoisotopic (exact) mass is 830 g/mol. The summed E-state index contributed by atoms with van der Waals surface area (Å²) in [4.78, 5) is 68.5. The number of aromatic hydroxyl groups is 1. The molecule has 2 aromatic heterocycles. The van der Waals surface area contributed by atoms with Gasteiger partial charge in [0.2, 0.25) is 17.6 Å². The Labute approximate surface area is 340 Å². The van der Waals surface area contributed by atoms with Gasteiger partial charge in [-0.3, -0.25) is 29.1 Å². The summed E-state index contributed by atoms with van der Waals surface area (Å²) < 4.78 is 2.32. The van der Waals surface area contributed by atoms with Crippen LogP contribution in [0.2, 0.25) is 0 Å². The van der Waals surface area contributed by atoms with E-state index < -0.39 is 17.4 Å². The van der Waals surface area contributed by atoms with Gasteiger partial charge in [0.25, 0.3) is 5.56 Å². The van der Waals surface area contributed by atoms with Crippen molar-refractivity contribution in [2.75, 3.05) is 4.90 Å². The summed E-state index contributed by atoms with van der Waals surface area (Å²) in [5.74, 6) is -1.55. The molecule has 6 heterocycles. The van der Waals surface area contributed by atoms with Crippen molar-refractivity contribution in [2.45, 2.75) is 32.4 Å². The third-order valence-corrected chi connectivity index (χ3v) is 12.5. The molecule has 0 bridgehead atoms. The van der Waals surface area contributed by atoms with Gasteiger partial charge in [0, 0.05) is 32.5 Å². The molecule has 0 saturated carbocycles. The number of carbonyl (C=O) groups excluding carboxylic acids is 3. The van der Waals surface area contributed by atoms with Crippen molar-refractivity contribution in [3.63, 3.8) is 0 Å². The summed E-state index contributed by atoms with van der Waals surface area (Å²) in [7, 11) is 0. The smallest absolute Gasteiger partial charge is 0.266 e. The number of H-pyrrole nitrogens is 1. The Morgan fingerprint density at radius 1 is 0.810 bits per heavy atom. The van der Waals surface area contributed by atoms with Gasteiger partial charge < -0.3 is 10.1 Å². The largest absolute Gasteiger partial charge is 0.494 e. The average molecular weight is 832 g/mol. The number of ketones is 1. The molecule has 4 aliphatic heterocycles. The molecule has 1 spiro atoms. The van der Waals surface area contributed by atoms with Gasteiger partial charge in [-0.25, -0.2) is 14.9 Å². The van der Waals surface area contributed by atoms with Gasteiger partial charge in [-0.15, -0.1) is 0 Å². The van der Waals surface area contributed by atoms with E-state index in [9.17, 15) is 24.3 Å². The van der Waals surface area contributed by atoms with Crippen LogP contribution in [0.4, 0.5) is 11.4 Å². The highest BCUT2D eigenvalue weighted by Gasteiger charge is 2.70. The normalized spacial score (nSPS) is 21.4. The van der Waals surface area contributed by atoms with Gasteiger partial charge in [-0.1, -0.05) is 80.6 Å². The van der Waals surface area contributed by atoms with Crippen LogP contribution in [0.25, 0.3) is 27.5 Å². The highest BCUT2D eigenvalue weighted by atomic mass is 79.9. The summed E-state index contributed by atoms with van der Waals surface area (Å²) in [6, 6.07) is 34.9. The van der Waals surface area contributed by atoms with Gasteiger partial charge in [0.05, 0.1) is 45.4 Å². The zero-order valence-corrected chi connectivity index (χ0v) is 33.1. The van der Waals surface area contributed by atoms with E-state index in [1.807, 2.05) is 104 Å². The zero-order chi connectivity index (χ0) is 40.2. The number of benzene rings is 5. The highest BCUT2D eigenvalue weighted by molar-refractivity contribution is 9.10. The van der Waals surface area contributed by atoms with E-state index in [1.165, 1.54) is 4.90 Å². The molecule has 11 rings (SSSR count). The molecule has 4 atom stereocenters. The van der Waals surface area contributed by atoms with Crippen LogP contribution in [0.1, 0.15) is 46.7 Å². The number of fused-ring (bicyclic) bond motifs is 10. The van der Waals surface area contributed by atoms with Gasteiger partial charge in [0.1, 0.15) is 17.1 Å². The maximum absolute atomic E-state index is 14.5. The van der Waals surface area contributed by atoms with Crippen molar-refractivity contribution in [2.24, 2.45) is 22.7 Å². The van der Waals surface area contributed by atoms with E-state index in [1.54, 1.807) is 22.8 Å². The van der Waals surface area contributed by atoms with Crippen molar-refractivity contribution in [1.29, 1.82) is 0 Å². The maximum atomic E-state index is 14.5. The first-order valence-electron chi connectivity index (χ1n) is 19.1. The summed E-state index contributed by atoms with van der Waals surface area (Å²) in [6.07, 6.45) is 0. The van der Waals surface area contributed by atoms with Crippen molar-refractivity contribution in [1.82, 2.24) is 19.9 Å². The van der Waals surface area contributed by atoms with E-state index in [4.69, 9.17) is 4.98 Å². The van der Waals surface area contributed by atoms with E-state index in [-0.39, 0.29) is 41.0 Å². The van der Waals surface area contributed by atoms with Crippen LogP contribution in [0, 0.1) is 24.7 Å². The molecule has 58 heavy (non-hydrogen) atoms. The number of aliphatic imine (C=N–C) groups is 1. The summed E-state index contributed by atoms with van der Waals surface area (Å²) in [5.41, 5.74) is 5.07. The number of hydrogen-bond acceptors (Lipinski definition) is 8. The minimum atomic E-state index is -1.13. The fraction of sp³-hybridized carbons (Fsp3) is 0.174. The lowest BCUT2D eigenvalue weighted by Gasteiger charge is -2.32. The summed E-state index contributed by atoms with van der Waals surface area (Å²) in [5, 5.41) is 15.1.